The second-order valence-electron chi connectivity index (χ2n) is 3.83. The van der Waals surface area contributed by atoms with Crippen molar-refractivity contribution in [3.8, 4) is 5.75 Å². The van der Waals surface area contributed by atoms with Gasteiger partial charge in [-0.1, -0.05) is 6.07 Å². The Morgan fingerprint density at radius 3 is 2.82 bits per heavy atom. The first kappa shape index (κ1) is 11.8. The van der Waals surface area contributed by atoms with Gasteiger partial charge >= 0.3 is 0 Å². The van der Waals surface area contributed by atoms with Gasteiger partial charge in [0.1, 0.15) is 5.75 Å². The molecule has 0 aliphatic carbocycles. The molecule has 0 spiro atoms. The molecule has 1 atom stereocenters. The summed E-state index contributed by atoms with van der Waals surface area (Å²) in [7, 11) is 1.65. The SMILES string of the molecule is COc1ccc(N)c(NC(C)c2cccs2)c1. The van der Waals surface area contributed by atoms with Crippen molar-refractivity contribution >= 4 is 22.7 Å². The molecule has 1 unspecified atom stereocenters. The summed E-state index contributed by atoms with van der Waals surface area (Å²) in [5.74, 6) is 0.806. The fourth-order valence-corrected chi connectivity index (χ4v) is 2.36. The van der Waals surface area contributed by atoms with E-state index in [4.69, 9.17) is 10.5 Å². The molecule has 3 N–H and O–H groups in total. The van der Waals surface area contributed by atoms with Crippen molar-refractivity contribution < 1.29 is 4.74 Å². The van der Waals surface area contributed by atoms with E-state index < -0.39 is 0 Å². The maximum atomic E-state index is 5.93. The van der Waals surface area contributed by atoms with E-state index in [0.717, 1.165) is 17.1 Å². The maximum Gasteiger partial charge on any atom is 0.121 e. The molecule has 90 valence electrons. The number of nitrogens with two attached hydrogens (primary N) is 1. The number of hydrogen-bond donors (Lipinski definition) is 2. The highest BCUT2D eigenvalue weighted by molar-refractivity contribution is 7.10. The number of methoxy groups -OCH3 is 1. The lowest BCUT2D eigenvalue weighted by Gasteiger charge is -2.16. The Morgan fingerprint density at radius 1 is 1.35 bits per heavy atom. The second-order valence-corrected chi connectivity index (χ2v) is 4.81. The van der Waals surface area contributed by atoms with Crippen LogP contribution in [0.4, 0.5) is 11.4 Å². The number of benzene rings is 1. The van der Waals surface area contributed by atoms with E-state index >= 15 is 0 Å². The number of rotatable bonds is 4. The van der Waals surface area contributed by atoms with Crippen LogP contribution in [-0.2, 0) is 0 Å². The smallest absolute Gasteiger partial charge is 0.121 e. The molecule has 0 bridgehead atoms. The summed E-state index contributed by atoms with van der Waals surface area (Å²) in [4.78, 5) is 1.28. The van der Waals surface area contributed by atoms with Crippen LogP contribution in [0.15, 0.2) is 35.7 Å². The molecule has 4 heteroatoms. The molecule has 1 aromatic carbocycles. The predicted molar refractivity (Wildman–Crippen MR) is 73.8 cm³/mol. The zero-order chi connectivity index (χ0) is 12.3. The van der Waals surface area contributed by atoms with Crippen molar-refractivity contribution in [3.63, 3.8) is 0 Å². The molecule has 1 heterocycles. The monoisotopic (exact) mass is 248 g/mol. The minimum Gasteiger partial charge on any atom is -0.497 e. The molecule has 0 aliphatic rings. The first-order valence-corrected chi connectivity index (χ1v) is 6.32. The lowest BCUT2D eigenvalue weighted by molar-refractivity contribution is 0.415. The molecule has 0 fully saturated rings. The van der Waals surface area contributed by atoms with E-state index in [-0.39, 0.29) is 6.04 Å². The fraction of sp³-hybridized carbons (Fsp3) is 0.231. The molecular formula is C13H16N2OS. The summed E-state index contributed by atoms with van der Waals surface area (Å²) < 4.78 is 5.19. The molecule has 0 saturated heterocycles. The minimum atomic E-state index is 0.240. The Hall–Kier alpha value is -1.68. The van der Waals surface area contributed by atoms with Crippen LogP contribution in [0.1, 0.15) is 17.8 Å². The molecule has 3 nitrogen and oxygen atoms in total. The lowest BCUT2D eigenvalue weighted by atomic mass is 10.2. The summed E-state index contributed by atoms with van der Waals surface area (Å²) >= 11 is 1.73. The summed E-state index contributed by atoms with van der Waals surface area (Å²) in [6.45, 7) is 2.12. The average Bonchev–Trinajstić information content (AvgIpc) is 2.85. The topological polar surface area (TPSA) is 47.3 Å². The van der Waals surface area contributed by atoms with Crippen LogP contribution < -0.4 is 15.8 Å². The summed E-state index contributed by atoms with van der Waals surface area (Å²) in [6.07, 6.45) is 0. The largest absolute Gasteiger partial charge is 0.497 e. The van der Waals surface area contributed by atoms with Crippen LogP contribution in [0.5, 0.6) is 5.75 Å². The van der Waals surface area contributed by atoms with E-state index in [1.807, 2.05) is 24.3 Å². The first-order valence-electron chi connectivity index (χ1n) is 5.44. The molecule has 1 aromatic heterocycles. The van der Waals surface area contributed by atoms with Crippen LogP contribution in [0, 0.1) is 0 Å². The number of nitrogens with one attached hydrogen (secondary N) is 1. The molecule has 2 rings (SSSR count). The van der Waals surface area contributed by atoms with Crippen molar-refractivity contribution in [3.05, 3.63) is 40.6 Å². The summed E-state index contributed by atoms with van der Waals surface area (Å²) in [5, 5.41) is 5.46. The van der Waals surface area contributed by atoms with Gasteiger partial charge in [0.15, 0.2) is 0 Å². The predicted octanol–water partition coefficient (Wildman–Crippen LogP) is 3.51. The number of ether oxygens (including phenoxy) is 1. The molecule has 0 aliphatic heterocycles. The van der Waals surface area contributed by atoms with E-state index in [1.54, 1.807) is 18.4 Å². The van der Waals surface area contributed by atoms with Crippen LogP contribution in [0.3, 0.4) is 0 Å². The number of hydrogen-bond acceptors (Lipinski definition) is 4. The highest BCUT2D eigenvalue weighted by Gasteiger charge is 2.08. The third-order valence-electron chi connectivity index (χ3n) is 2.60. The van der Waals surface area contributed by atoms with Gasteiger partial charge < -0.3 is 15.8 Å². The maximum absolute atomic E-state index is 5.93. The van der Waals surface area contributed by atoms with Crippen LogP contribution in [0.2, 0.25) is 0 Å². The zero-order valence-electron chi connectivity index (χ0n) is 9.94. The number of thiophene rings is 1. The van der Waals surface area contributed by atoms with Gasteiger partial charge in [0, 0.05) is 10.9 Å². The Balaban J connectivity index is 2.18. The Kier molecular flexibility index (Phi) is 3.54. The van der Waals surface area contributed by atoms with Crippen LogP contribution >= 0.6 is 11.3 Å². The van der Waals surface area contributed by atoms with Gasteiger partial charge in [-0.2, -0.15) is 0 Å². The highest BCUT2D eigenvalue weighted by atomic mass is 32.1. The van der Waals surface area contributed by atoms with Crippen LogP contribution in [0.25, 0.3) is 0 Å². The zero-order valence-corrected chi connectivity index (χ0v) is 10.8. The molecule has 17 heavy (non-hydrogen) atoms. The number of nitrogen functional groups attached to an aromatic ring is 1. The standard InChI is InChI=1S/C13H16N2OS/c1-9(13-4-3-7-17-13)15-12-8-10(16-2)5-6-11(12)14/h3-9,15H,14H2,1-2H3. The minimum absolute atomic E-state index is 0.240. The van der Waals surface area contributed by atoms with Crippen molar-refractivity contribution in [1.29, 1.82) is 0 Å². The summed E-state index contributed by atoms with van der Waals surface area (Å²) in [6, 6.07) is 10.0. The molecular weight excluding hydrogens is 232 g/mol. The van der Waals surface area contributed by atoms with Crippen molar-refractivity contribution in [2.45, 2.75) is 13.0 Å². The molecule has 2 aromatic rings. The average molecular weight is 248 g/mol. The second kappa shape index (κ2) is 5.10. The molecule has 0 amide bonds. The lowest BCUT2D eigenvalue weighted by Crippen LogP contribution is -2.07. The van der Waals surface area contributed by atoms with Gasteiger partial charge in [-0.3, -0.25) is 0 Å². The fourth-order valence-electron chi connectivity index (χ4n) is 1.63. The summed E-state index contributed by atoms with van der Waals surface area (Å²) in [5.41, 5.74) is 7.57. The van der Waals surface area contributed by atoms with Gasteiger partial charge in [0.25, 0.3) is 0 Å². The quantitative estimate of drug-likeness (QED) is 0.814. The highest BCUT2D eigenvalue weighted by Crippen LogP contribution is 2.29. The Morgan fingerprint density at radius 2 is 2.18 bits per heavy atom. The third kappa shape index (κ3) is 2.71. The normalized spacial score (nSPS) is 12.1. The number of anilines is 2. The van der Waals surface area contributed by atoms with Crippen molar-refractivity contribution in [2.75, 3.05) is 18.2 Å². The van der Waals surface area contributed by atoms with Gasteiger partial charge in [0.2, 0.25) is 0 Å². The van der Waals surface area contributed by atoms with Gasteiger partial charge in [0.05, 0.1) is 24.5 Å². The van der Waals surface area contributed by atoms with Gasteiger partial charge in [-0.25, -0.2) is 0 Å². The van der Waals surface area contributed by atoms with E-state index in [0.29, 0.717) is 0 Å². The van der Waals surface area contributed by atoms with E-state index in [2.05, 4.69) is 23.7 Å². The molecule has 0 radical (unpaired) electrons. The van der Waals surface area contributed by atoms with Crippen molar-refractivity contribution in [2.24, 2.45) is 0 Å². The van der Waals surface area contributed by atoms with Gasteiger partial charge in [-0.15, -0.1) is 11.3 Å². The van der Waals surface area contributed by atoms with Gasteiger partial charge in [-0.05, 0) is 30.5 Å². The first-order chi connectivity index (χ1) is 8.20. The van der Waals surface area contributed by atoms with Crippen molar-refractivity contribution in [1.82, 2.24) is 0 Å². The van der Waals surface area contributed by atoms with E-state index in [9.17, 15) is 0 Å². The molecule has 0 saturated carbocycles. The third-order valence-corrected chi connectivity index (χ3v) is 3.66. The Bertz CT molecular complexity index is 482. The van der Waals surface area contributed by atoms with Crippen LogP contribution in [-0.4, -0.2) is 7.11 Å². The van der Waals surface area contributed by atoms with E-state index in [1.165, 1.54) is 4.88 Å². The Labute approximate surface area is 105 Å².